The minimum atomic E-state index is -0.873. The molecule has 0 atom stereocenters. The van der Waals surface area contributed by atoms with E-state index in [1.54, 1.807) is 6.20 Å². The number of hydrogen-bond acceptors (Lipinski definition) is 4. The third kappa shape index (κ3) is 2.25. The van der Waals surface area contributed by atoms with Crippen LogP contribution in [0.4, 0.5) is 0 Å². The molecule has 0 aliphatic carbocycles. The quantitative estimate of drug-likeness (QED) is 0.883. The van der Waals surface area contributed by atoms with Crippen LogP contribution in [-0.4, -0.2) is 21.0 Å². The van der Waals surface area contributed by atoms with Crippen molar-refractivity contribution in [2.24, 2.45) is 0 Å². The molecule has 4 nitrogen and oxygen atoms in total. The number of rotatable bonds is 3. The normalized spacial score (nSPS) is 10.3. The number of aliphatic carboxylic acids is 1. The maximum Gasteiger partial charge on any atom is 0.309 e. The van der Waals surface area contributed by atoms with Gasteiger partial charge >= 0.3 is 5.97 Å². The summed E-state index contributed by atoms with van der Waals surface area (Å²) in [6.07, 6.45) is 1.63. The van der Waals surface area contributed by atoms with E-state index >= 15 is 0 Å². The Morgan fingerprint density at radius 3 is 2.94 bits per heavy atom. The average molecular weight is 234 g/mol. The highest BCUT2D eigenvalue weighted by molar-refractivity contribution is 7.15. The molecule has 0 saturated heterocycles. The number of aromatic nitrogens is 2. The summed E-state index contributed by atoms with van der Waals surface area (Å²) in [6.45, 7) is 1.86. The van der Waals surface area contributed by atoms with E-state index < -0.39 is 5.97 Å². The number of hydrogen-bond donors (Lipinski definition) is 1. The fourth-order valence-corrected chi connectivity index (χ4v) is 2.34. The summed E-state index contributed by atoms with van der Waals surface area (Å²) in [5.74, 6) is -0.873. The lowest BCUT2D eigenvalue weighted by Gasteiger charge is -1.98. The van der Waals surface area contributed by atoms with Gasteiger partial charge in [-0.25, -0.2) is 4.98 Å². The lowest BCUT2D eigenvalue weighted by Crippen LogP contribution is -2.01. The highest BCUT2D eigenvalue weighted by Crippen LogP contribution is 2.28. The van der Waals surface area contributed by atoms with Crippen molar-refractivity contribution in [3.8, 4) is 10.6 Å². The van der Waals surface area contributed by atoms with E-state index in [1.165, 1.54) is 11.3 Å². The molecule has 2 heterocycles. The first kappa shape index (κ1) is 10.8. The predicted molar refractivity (Wildman–Crippen MR) is 61.4 cm³/mol. The molecule has 0 aliphatic rings. The van der Waals surface area contributed by atoms with E-state index in [4.69, 9.17) is 5.11 Å². The maximum atomic E-state index is 10.7. The fourth-order valence-electron chi connectivity index (χ4n) is 1.43. The van der Waals surface area contributed by atoms with Crippen molar-refractivity contribution >= 4 is 17.3 Å². The third-order valence-electron chi connectivity index (χ3n) is 2.02. The van der Waals surface area contributed by atoms with E-state index in [2.05, 4.69) is 9.97 Å². The van der Waals surface area contributed by atoms with Crippen LogP contribution in [0.25, 0.3) is 10.6 Å². The Hall–Kier alpha value is -1.75. The zero-order valence-electron chi connectivity index (χ0n) is 8.67. The minimum absolute atomic E-state index is 0.0593. The standard InChI is InChI=1S/C11H10N2O2S/c1-7-13-9(6-10(14)15)11(16-7)8-4-2-3-5-12-8/h2-5H,6H2,1H3,(H,14,15). The van der Waals surface area contributed by atoms with E-state index in [-0.39, 0.29) is 6.42 Å². The van der Waals surface area contributed by atoms with E-state index in [1.807, 2.05) is 25.1 Å². The molecule has 0 unspecified atom stereocenters. The summed E-state index contributed by atoms with van der Waals surface area (Å²) in [4.78, 5) is 20.0. The Morgan fingerprint density at radius 1 is 1.50 bits per heavy atom. The van der Waals surface area contributed by atoms with Gasteiger partial charge < -0.3 is 5.11 Å². The predicted octanol–water partition coefficient (Wildman–Crippen LogP) is 2.14. The van der Waals surface area contributed by atoms with Crippen LogP contribution >= 0.6 is 11.3 Å². The third-order valence-corrected chi connectivity index (χ3v) is 3.06. The van der Waals surface area contributed by atoms with Gasteiger partial charge in [-0.2, -0.15) is 0 Å². The van der Waals surface area contributed by atoms with Gasteiger partial charge in [0, 0.05) is 6.20 Å². The molecule has 5 heteroatoms. The topological polar surface area (TPSA) is 63.1 Å². The van der Waals surface area contributed by atoms with Crippen molar-refractivity contribution in [3.05, 3.63) is 35.1 Å². The number of nitrogens with zero attached hydrogens (tertiary/aromatic N) is 2. The first-order chi connectivity index (χ1) is 7.66. The summed E-state index contributed by atoms with van der Waals surface area (Å²) in [5.41, 5.74) is 1.37. The molecule has 0 fully saturated rings. The second-order valence-corrected chi connectivity index (χ2v) is 4.50. The second kappa shape index (κ2) is 4.40. The van der Waals surface area contributed by atoms with Crippen LogP contribution in [0.1, 0.15) is 10.7 Å². The van der Waals surface area contributed by atoms with Gasteiger partial charge in [-0.05, 0) is 19.1 Å². The zero-order chi connectivity index (χ0) is 11.5. The number of thiazole rings is 1. The second-order valence-electron chi connectivity index (χ2n) is 3.29. The SMILES string of the molecule is Cc1nc(CC(=O)O)c(-c2ccccn2)s1. The molecule has 0 aromatic carbocycles. The summed E-state index contributed by atoms with van der Waals surface area (Å²) >= 11 is 1.47. The van der Waals surface area contributed by atoms with Crippen molar-refractivity contribution in [3.63, 3.8) is 0 Å². The monoisotopic (exact) mass is 234 g/mol. The van der Waals surface area contributed by atoms with Gasteiger partial charge in [0.15, 0.2) is 0 Å². The first-order valence-electron chi connectivity index (χ1n) is 4.76. The molecule has 1 N–H and O–H groups in total. The van der Waals surface area contributed by atoms with Gasteiger partial charge in [0.1, 0.15) is 0 Å². The van der Waals surface area contributed by atoms with Crippen LogP contribution in [0.3, 0.4) is 0 Å². The van der Waals surface area contributed by atoms with Crippen LogP contribution in [0, 0.1) is 6.92 Å². The van der Waals surface area contributed by atoms with Gasteiger partial charge in [-0.3, -0.25) is 9.78 Å². The van der Waals surface area contributed by atoms with E-state index in [0.717, 1.165) is 15.6 Å². The Balaban J connectivity index is 2.44. The molecule has 0 saturated carbocycles. The Labute approximate surface area is 96.6 Å². The smallest absolute Gasteiger partial charge is 0.309 e. The van der Waals surface area contributed by atoms with Gasteiger partial charge in [-0.15, -0.1) is 11.3 Å². The number of carboxylic acids is 1. The first-order valence-corrected chi connectivity index (χ1v) is 5.58. The molecule has 2 aromatic heterocycles. The average Bonchev–Trinajstić information content (AvgIpc) is 2.60. The molecule has 0 radical (unpaired) electrons. The Kier molecular flexibility index (Phi) is 2.96. The van der Waals surface area contributed by atoms with Crippen molar-refractivity contribution in [1.82, 2.24) is 9.97 Å². The van der Waals surface area contributed by atoms with Crippen LogP contribution in [0.5, 0.6) is 0 Å². The molecular formula is C11H10N2O2S. The Morgan fingerprint density at radius 2 is 2.31 bits per heavy atom. The summed E-state index contributed by atoms with van der Waals surface area (Å²) in [6, 6.07) is 5.56. The fraction of sp³-hybridized carbons (Fsp3) is 0.182. The Bertz CT molecular complexity index is 508. The van der Waals surface area contributed by atoms with Crippen LogP contribution < -0.4 is 0 Å². The highest BCUT2D eigenvalue weighted by Gasteiger charge is 2.14. The van der Waals surface area contributed by atoms with Gasteiger partial charge in [0.25, 0.3) is 0 Å². The molecule has 0 amide bonds. The summed E-state index contributed by atoms with van der Waals surface area (Å²) in [7, 11) is 0. The van der Waals surface area contributed by atoms with Gasteiger partial charge in [0.2, 0.25) is 0 Å². The van der Waals surface area contributed by atoms with Gasteiger partial charge in [0.05, 0.1) is 27.7 Å². The summed E-state index contributed by atoms with van der Waals surface area (Å²) in [5, 5.41) is 9.65. The van der Waals surface area contributed by atoms with Crippen molar-refractivity contribution in [2.75, 3.05) is 0 Å². The molecular weight excluding hydrogens is 224 g/mol. The minimum Gasteiger partial charge on any atom is -0.481 e. The highest BCUT2D eigenvalue weighted by atomic mass is 32.1. The summed E-state index contributed by atoms with van der Waals surface area (Å²) < 4.78 is 0. The molecule has 2 aromatic rings. The van der Waals surface area contributed by atoms with Crippen molar-refractivity contribution in [1.29, 1.82) is 0 Å². The number of carbonyl (C=O) groups is 1. The van der Waals surface area contributed by atoms with E-state index in [0.29, 0.717) is 5.69 Å². The molecule has 0 bridgehead atoms. The van der Waals surface area contributed by atoms with Crippen LogP contribution in [-0.2, 0) is 11.2 Å². The molecule has 82 valence electrons. The number of aryl methyl sites for hydroxylation is 1. The molecule has 2 rings (SSSR count). The van der Waals surface area contributed by atoms with Crippen LogP contribution in [0.2, 0.25) is 0 Å². The zero-order valence-corrected chi connectivity index (χ0v) is 9.49. The van der Waals surface area contributed by atoms with Crippen molar-refractivity contribution in [2.45, 2.75) is 13.3 Å². The number of pyridine rings is 1. The van der Waals surface area contributed by atoms with E-state index in [9.17, 15) is 4.79 Å². The largest absolute Gasteiger partial charge is 0.481 e. The lowest BCUT2D eigenvalue weighted by molar-refractivity contribution is -0.136. The van der Waals surface area contributed by atoms with Gasteiger partial charge in [-0.1, -0.05) is 6.07 Å². The van der Waals surface area contributed by atoms with Crippen LogP contribution in [0.15, 0.2) is 24.4 Å². The molecule has 0 spiro atoms. The number of carboxylic acid groups (broad SMARTS) is 1. The maximum absolute atomic E-state index is 10.7. The molecule has 16 heavy (non-hydrogen) atoms. The van der Waals surface area contributed by atoms with Crippen molar-refractivity contribution < 1.29 is 9.90 Å². The lowest BCUT2D eigenvalue weighted by atomic mass is 10.2. The molecule has 0 aliphatic heterocycles.